The van der Waals surface area contributed by atoms with Crippen LogP contribution in [0.2, 0.25) is 0 Å². The number of nitrogens with one attached hydrogen (secondary N) is 1. The molecule has 0 aromatic heterocycles. The Morgan fingerprint density at radius 2 is 1.84 bits per heavy atom. The number of phenolic OH excluding ortho intramolecular Hbond substituents is 1. The van der Waals surface area contributed by atoms with Crippen LogP contribution in [0.25, 0.3) is 0 Å². The van der Waals surface area contributed by atoms with E-state index in [-0.39, 0.29) is 23.5 Å². The number of nitrogens with zero attached hydrogens (tertiary/aromatic N) is 1. The topological polar surface area (TPSA) is 119 Å². The number of anilines is 1. The van der Waals surface area contributed by atoms with Crippen molar-refractivity contribution in [3.63, 3.8) is 0 Å². The van der Waals surface area contributed by atoms with Gasteiger partial charge in [0.2, 0.25) is 0 Å². The summed E-state index contributed by atoms with van der Waals surface area (Å²) < 4.78 is 5.04. The van der Waals surface area contributed by atoms with Crippen LogP contribution in [0.15, 0.2) is 48.5 Å². The minimum absolute atomic E-state index is 0.0268. The second kappa shape index (κ2) is 7.91. The quantitative estimate of drug-likeness (QED) is 0.472. The first-order valence-electron chi connectivity index (χ1n) is 7.38. The summed E-state index contributed by atoms with van der Waals surface area (Å²) in [6, 6.07) is 11.7. The van der Waals surface area contributed by atoms with Crippen LogP contribution in [-0.2, 0) is 20.7 Å². The summed E-state index contributed by atoms with van der Waals surface area (Å²) in [5.41, 5.74) is 0.395. The fourth-order valence-electron chi connectivity index (χ4n) is 2.05. The molecule has 0 aliphatic rings. The Labute approximate surface area is 143 Å². The largest absolute Gasteiger partial charge is 0.508 e. The predicted molar refractivity (Wildman–Crippen MR) is 89.1 cm³/mol. The molecule has 0 spiro atoms. The summed E-state index contributed by atoms with van der Waals surface area (Å²) in [4.78, 5) is 34.3. The standard InChI is InChI=1S/C17H16N2O6/c1-11(25-16(21)10-12-6-8-13(20)9-7-12)17(22)18-14-4-2-3-5-15(14)19(23)24/h2-9,11,20H,10H2,1H3,(H,18,22)/t11-/m0/s1. The molecule has 2 aromatic carbocycles. The van der Waals surface area contributed by atoms with Gasteiger partial charge in [-0.3, -0.25) is 19.7 Å². The maximum atomic E-state index is 12.1. The van der Waals surface area contributed by atoms with E-state index in [1.807, 2.05) is 0 Å². The van der Waals surface area contributed by atoms with Gasteiger partial charge < -0.3 is 15.2 Å². The first kappa shape index (κ1) is 17.9. The average molecular weight is 344 g/mol. The molecule has 0 unspecified atom stereocenters. The molecule has 0 fully saturated rings. The van der Waals surface area contributed by atoms with E-state index >= 15 is 0 Å². The molecule has 0 aliphatic heterocycles. The SMILES string of the molecule is C[C@H](OC(=O)Cc1ccc(O)cc1)C(=O)Nc1ccccc1[N+](=O)[O-]. The lowest BCUT2D eigenvalue weighted by atomic mass is 10.1. The van der Waals surface area contributed by atoms with Gasteiger partial charge in [0.05, 0.1) is 11.3 Å². The number of amides is 1. The summed E-state index contributed by atoms with van der Waals surface area (Å²) in [7, 11) is 0. The Kier molecular flexibility index (Phi) is 5.67. The van der Waals surface area contributed by atoms with Crippen LogP contribution in [0.5, 0.6) is 5.75 Å². The highest BCUT2D eigenvalue weighted by Gasteiger charge is 2.21. The zero-order valence-electron chi connectivity index (χ0n) is 13.3. The van der Waals surface area contributed by atoms with Crippen molar-refractivity contribution >= 4 is 23.3 Å². The average Bonchev–Trinajstić information content (AvgIpc) is 2.57. The lowest BCUT2D eigenvalue weighted by molar-refractivity contribution is -0.383. The Morgan fingerprint density at radius 1 is 1.20 bits per heavy atom. The van der Waals surface area contributed by atoms with Crippen molar-refractivity contribution in [3.05, 3.63) is 64.2 Å². The van der Waals surface area contributed by atoms with E-state index < -0.39 is 22.9 Å². The molecule has 0 heterocycles. The second-order valence-electron chi connectivity index (χ2n) is 5.24. The number of ether oxygens (including phenoxy) is 1. The molecule has 2 aromatic rings. The van der Waals surface area contributed by atoms with Crippen molar-refractivity contribution < 1.29 is 24.4 Å². The van der Waals surface area contributed by atoms with Crippen LogP contribution < -0.4 is 5.32 Å². The number of hydrogen-bond donors (Lipinski definition) is 2. The summed E-state index contributed by atoms with van der Waals surface area (Å²) in [5, 5.41) is 22.5. The van der Waals surface area contributed by atoms with Gasteiger partial charge >= 0.3 is 5.97 Å². The molecule has 0 saturated heterocycles. The monoisotopic (exact) mass is 344 g/mol. The molecule has 8 nitrogen and oxygen atoms in total. The molecular formula is C17H16N2O6. The number of rotatable bonds is 6. The van der Waals surface area contributed by atoms with Crippen LogP contribution in [0, 0.1) is 10.1 Å². The van der Waals surface area contributed by atoms with E-state index in [1.165, 1.54) is 37.3 Å². The highest BCUT2D eigenvalue weighted by atomic mass is 16.6. The highest BCUT2D eigenvalue weighted by Crippen LogP contribution is 2.23. The summed E-state index contributed by atoms with van der Waals surface area (Å²) >= 11 is 0. The lowest BCUT2D eigenvalue weighted by Gasteiger charge is -2.13. The number of carbonyl (C=O) groups is 2. The first-order chi connectivity index (χ1) is 11.9. The number of phenols is 1. The van der Waals surface area contributed by atoms with Crippen molar-refractivity contribution in [2.45, 2.75) is 19.4 Å². The molecule has 0 aliphatic carbocycles. The molecule has 0 saturated carbocycles. The molecule has 25 heavy (non-hydrogen) atoms. The fraction of sp³-hybridized carbons (Fsp3) is 0.176. The molecule has 2 rings (SSSR count). The number of benzene rings is 2. The van der Waals surface area contributed by atoms with E-state index in [2.05, 4.69) is 5.32 Å². The first-order valence-corrected chi connectivity index (χ1v) is 7.38. The van der Waals surface area contributed by atoms with Gasteiger partial charge in [-0.05, 0) is 30.7 Å². The molecule has 0 bridgehead atoms. The van der Waals surface area contributed by atoms with Crippen LogP contribution in [0.1, 0.15) is 12.5 Å². The van der Waals surface area contributed by atoms with E-state index in [4.69, 9.17) is 4.74 Å². The van der Waals surface area contributed by atoms with E-state index in [0.29, 0.717) is 5.56 Å². The number of esters is 1. The Morgan fingerprint density at radius 3 is 2.48 bits per heavy atom. The summed E-state index contributed by atoms with van der Waals surface area (Å²) in [6.45, 7) is 1.37. The van der Waals surface area contributed by atoms with Crippen molar-refractivity contribution in [1.82, 2.24) is 0 Å². The maximum absolute atomic E-state index is 12.1. The zero-order chi connectivity index (χ0) is 18.4. The predicted octanol–water partition coefficient (Wildman–Crippen LogP) is 2.41. The number of nitro benzene ring substituents is 1. The zero-order valence-corrected chi connectivity index (χ0v) is 13.3. The minimum Gasteiger partial charge on any atom is -0.508 e. The van der Waals surface area contributed by atoms with Gasteiger partial charge in [-0.25, -0.2) is 0 Å². The number of hydrogen-bond acceptors (Lipinski definition) is 6. The van der Waals surface area contributed by atoms with Gasteiger partial charge in [-0.15, -0.1) is 0 Å². The molecule has 0 radical (unpaired) electrons. The summed E-state index contributed by atoms with van der Waals surface area (Å²) in [6.07, 6.45) is -1.19. The normalized spacial score (nSPS) is 11.4. The molecule has 2 N–H and O–H groups in total. The van der Waals surface area contributed by atoms with Gasteiger partial charge in [0, 0.05) is 6.07 Å². The molecule has 130 valence electrons. The number of para-hydroxylation sites is 2. The second-order valence-corrected chi connectivity index (χ2v) is 5.24. The highest BCUT2D eigenvalue weighted by molar-refractivity contribution is 5.96. The van der Waals surface area contributed by atoms with Gasteiger partial charge in [-0.2, -0.15) is 0 Å². The number of carbonyl (C=O) groups excluding carboxylic acids is 2. The third-order valence-electron chi connectivity index (χ3n) is 3.32. The van der Waals surface area contributed by atoms with Gasteiger partial charge in [0.15, 0.2) is 6.10 Å². The van der Waals surface area contributed by atoms with E-state index in [1.54, 1.807) is 18.2 Å². The van der Waals surface area contributed by atoms with Crippen molar-refractivity contribution in [3.8, 4) is 5.75 Å². The van der Waals surface area contributed by atoms with Crippen LogP contribution in [-0.4, -0.2) is 28.0 Å². The molecular weight excluding hydrogens is 328 g/mol. The molecule has 1 amide bonds. The summed E-state index contributed by atoms with van der Waals surface area (Å²) in [5.74, 6) is -1.22. The number of nitro groups is 1. The third kappa shape index (κ3) is 5.03. The minimum atomic E-state index is -1.12. The van der Waals surface area contributed by atoms with Crippen LogP contribution in [0.3, 0.4) is 0 Å². The Hall–Kier alpha value is -3.42. The smallest absolute Gasteiger partial charge is 0.311 e. The van der Waals surface area contributed by atoms with Crippen LogP contribution in [0.4, 0.5) is 11.4 Å². The van der Waals surface area contributed by atoms with Gasteiger partial charge in [-0.1, -0.05) is 24.3 Å². The van der Waals surface area contributed by atoms with E-state index in [9.17, 15) is 24.8 Å². The Balaban J connectivity index is 1.95. The van der Waals surface area contributed by atoms with Crippen molar-refractivity contribution in [2.24, 2.45) is 0 Å². The maximum Gasteiger partial charge on any atom is 0.311 e. The van der Waals surface area contributed by atoms with Crippen LogP contribution >= 0.6 is 0 Å². The molecule has 8 heteroatoms. The van der Waals surface area contributed by atoms with Gasteiger partial charge in [0.1, 0.15) is 11.4 Å². The molecule has 1 atom stereocenters. The fourth-order valence-corrected chi connectivity index (χ4v) is 2.05. The lowest BCUT2D eigenvalue weighted by Crippen LogP contribution is -2.30. The Bertz CT molecular complexity index is 788. The number of aromatic hydroxyl groups is 1. The van der Waals surface area contributed by atoms with Crippen molar-refractivity contribution in [1.29, 1.82) is 0 Å². The third-order valence-corrected chi connectivity index (χ3v) is 3.32. The van der Waals surface area contributed by atoms with E-state index in [0.717, 1.165) is 0 Å². The van der Waals surface area contributed by atoms with Gasteiger partial charge in [0.25, 0.3) is 11.6 Å². The van der Waals surface area contributed by atoms with Crippen molar-refractivity contribution in [2.75, 3.05) is 5.32 Å².